The molecule has 0 atom stereocenters. The highest BCUT2D eigenvalue weighted by Crippen LogP contribution is 2.35. The molecular formula is C15H14N2O3. The van der Waals surface area contributed by atoms with E-state index in [4.69, 9.17) is 14.2 Å². The molecule has 1 aromatic carbocycles. The second-order valence-electron chi connectivity index (χ2n) is 3.95. The molecule has 0 aliphatic rings. The summed E-state index contributed by atoms with van der Waals surface area (Å²) in [6, 6.07) is 9.13. The maximum absolute atomic E-state index is 9.25. The SMILES string of the molecule is COc1ccc(C#N)c(-c2cc(OC)ncc2OC)c1. The van der Waals surface area contributed by atoms with Gasteiger partial charge >= 0.3 is 0 Å². The Hall–Kier alpha value is -2.74. The van der Waals surface area contributed by atoms with Crippen LogP contribution in [-0.2, 0) is 0 Å². The van der Waals surface area contributed by atoms with Crippen LogP contribution in [0, 0.1) is 11.3 Å². The Labute approximate surface area is 117 Å². The standard InChI is InChI=1S/C15H14N2O3/c1-18-11-5-4-10(8-16)12(6-11)13-7-15(20-3)17-9-14(13)19-2/h4-7,9H,1-3H3. The van der Waals surface area contributed by atoms with Crippen molar-refractivity contribution in [2.45, 2.75) is 0 Å². The zero-order valence-electron chi connectivity index (χ0n) is 11.5. The Kier molecular flexibility index (Phi) is 4.06. The van der Waals surface area contributed by atoms with Crippen LogP contribution in [0.3, 0.4) is 0 Å². The third kappa shape index (κ3) is 2.50. The highest BCUT2D eigenvalue weighted by atomic mass is 16.5. The van der Waals surface area contributed by atoms with Gasteiger partial charge in [-0.2, -0.15) is 5.26 Å². The van der Waals surface area contributed by atoms with Crippen LogP contribution in [0.15, 0.2) is 30.5 Å². The number of pyridine rings is 1. The summed E-state index contributed by atoms with van der Waals surface area (Å²) in [6.45, 7) is 0. The maximum atomic E-state index is 9.25. The smallest absolute Gasteiger partial charge is 0.213 e. The molecule has 1 heterocycles. The molecule has 20 heavy (non-hydrogen) atoms. The number of methoxy groups -OCH3 is 3. The third-order valence-electron chi connectivity index (χ3n) is 2.91. The predicted molar refractivity (Wildman–Crippen MR) is 74.0 cm³/mol. The van der Waals surface area contributed by atoms with Crippen LogP contribution >= 0.6 is 0 Å². The molecule has 2 aromatic rings. The zero-order valence-corrected chi connectivity index (χ0v) is 11.5. The molecule has 5 heteroatoms. The van der Waals surface area contributed by atoms with Crippen molar-refractivity contribution in [3.05, 3.63) is 36.0 Å². The van der Waals surface area contributed by atoms with Gasteiger partial charge in [0.2, 0.25) is 5.88 Å². The van der Waals surface area contributed by atoms with Crippen molar-refractivity contribution in [2.24, 2.45) is 0 Å². The first-order valence-electron chi connectivity index (χ1n) is 5.90. The van der Waals surface area contributed by atoms with Gasteiger partial charge in [-0.25, -0.2) is 4.98 Å². The summed E-state index contributed by atoms with van der Waals surface area (Å²) in [4.78, 5) is 4.09. The average molecular weight is 270 g/mol. The number of nitrogens with zero attached hydrogens (tertiary/aromatic N) is 2. The first kappa shape index (κ1) is 13.7. The molecule has 2 rings (SSSR count). The van der Waals surface area contributed by atoms with Gasteiger partial charge in [0.25, 0.3) is 0 Å². The van der Waals surface area contributed by atoms with Gasteiger partial charge in [0.1, 0.15) is 11.5 Å². The molecule has 102 valence electrons. The molecule has 0 aliphatic heterocycles. The second-order valence-corrected chi connectivity index (χ2v) is 3.95. The van der Waals surface area contributed by atoms with Gasteiger partial charge in [-0.3, -0.25) is 0 Å². The minimum absolute atomic E-state index is 0.451. The van der Waals surface area contributed by atoms with E-state index in [1.54, 1.807) is 44.7 Å². The van der Waals surface area contributed by atoms with E-state index < -0.39 is 0 Å². The summed E-state index contributed by atoms with van der Waals surface area (Å²) in [5.41, 5.74) is 1.97. The van der Waals surface area contributed by atoms with E-state index in [9.17, 15) is 5.26 Å². The molecule has 0 radical (unpaired) electrons. The molecule has 0 unspecified atom stereocenters. The zero-order chi connectivity index (χ0) is 14.5. The van der Waals surface area contributed by atoms with Crippen molar-refractivity contribution >= 4 is 0 Å². The molecule has 0 amide bonds. The second kappa shape index (κ2) is 5.93. The Bertz CT molecular complexity index is 663. The topological polar surface area (TPSA) is 64.4 Å². The fourth-order valence-electron chi connectivity index (χ4n) is 1.88. The van der Waals surface area contributed by atoms with Crippen molar-refractivity contribution in [3.8, 4) is 34.6 Å². The van der Waals surface area contributed by atoms with E-state index in [0.29, 0.717) is 28.5 Å². The molecule has 0 saturated carbocycles. The van der Waals surface area contributed by atoms with Gasteiger partial charge in [-0.15, -0.1) is 0 Å². The fourth-order valence-corrected chi connectivity index (χ4v) is 1.88. The number of rotatable bonds is 4. The molecule has 0 N–H and O–H groups in total. The van der Waals surface area contributed by atoms with E-state index >= 15 is 0 Å². The summed E-state index contributed by atoms with van der Waals surface area (Å²) in [7, 11) is 4.67. The van der Waals surface area contributed by atoms with Crippen LogP contribution in [0.1, 0.15) is 5.56 Å². The van der Waals surface area contributed by atoms with Crippen molar-refractivity contribution in [1.82, 2.24) is 4.98 Å². The summed E-state index contributed by atoms with van der Waals surface area (Å²) in [6.07, 6.45) is 1.56. The van der Waals surface area contributed by atoms with Crippen LogP contribution in [-0.4, -0.2) is 26.3 Å². The molecule has 0 bridgehead atoms. The number of nitriles is 1. The lowest BCUT2D eigenvalue weighted by atomic mass is 10.00. The average Bonchev–Trinajstić information content (AvgIpc) is 2.53. The summed E-state index contributed by atoms with van der Waals surface area (Å²) >= 11 is 0. The molecule has 0 saturated heterocycles. The number of hydrogen-bond acceptors (Lipinski definition) is 5. The molecule has 0 aliphatic carbocycles. The quantitative estimate of drug-likeness (QED) is 0.854. The van der Waals surface area contributed by atoms with Crippen LogP contribution in [0.2, 0.25) is 0 Å². The number of hydrogen-bond donors (Lipinski definition) is 0. The summed E-state index contributed by atoms with van der Waals surface area (Å²) < 4.78 is 15.6. The Morgan fingerprint density at radius 2 is 1.80 bits per heavy atom. The lowest BCUT2D eigenvalue weighted by molar-refractivity contribution is 0.388. The molecular weight excluding hydrogens is 256 g/mol. The highest BCUT2D eigenvalue weighted by molar-refractivity contribution is 5.77. The van der Waals surface area contributed by atoms with Crippen molar-refractivity contribution in [3.63, 3.8) is 0 Å². The van der Waals surface area contributed by atoms with Crippen molar-refractivity contribution in [2.75, 3.05) is 21.3 Å². The molecule has 1 aromatic heterocycles. The van der Waals surface area contributed by atoms with Crippen LogP contribution in [0.25, 0.3) is 11.1 Å². The van der Waals surface area contributed by atoms with Gasteiger partial charge in [0, 0.05) is 17.2 Å². The van der Waals surface area contributed by atoms with Crippen LogP contribution < -0.4 is 14.2 Å². The lowest BCUT2D eigenvalue weighted by Gasteiger charge is -2.12. The molecule has 5 nitrogen and oxygen atoms in total. The van der Waals surface area contributed by atoms with Crippen molar-refractivity contribution in [1.29, 1.82) is 5.26 Å². The molecule has 0 fully saturated rings. The summed E-state index contributed by atoms with van der Waals surface area (Å²) in [5.74, 6) is 1.68. The van der Waals surface area contributed by atoms with Crippen molar-refractivity contribution < 1.29 is 14.2 Å². The Balaban J connectivity index is 2.68. The third-order valence-corrected chi connectivity index (χ3v) is 2.91. The van der Waals surface area contributed by atoms with E-state index in [1.165, 1.54) is 7.11 Å². The van der Waals surface area contributed by atoms with Gasteiger partial charge in [0.05, 0.1) is 39.2 Å². The Morgan fingerprint density at radius 1 is 1.00 bits per heavy atom. The van der Waals surface area contributed by atoms with E-state index in [2.05, 4.69) is 11.1 Å². The monoisotopic (exact) mass is 270 g/mol. The van der Waals surface area contributed by atoms with Gasteiger partial charge in [-0.1, -0.05) is 0 Å². The normalized spacial score (nSPS) is 9.70. The maximum Gasteiger partial charge on any atom is 0.213 e. The highest BCUT2D eigenvalue weighted by Gasteiger charge is 2.13. The number of ether oxygens (including phenoxy) is 3. The minimum Gasteiger partial charge on any atom is -0.497 e. The van der Waals surface area contributed by atoms with Gasteiger partial charge in [0.15, 0.2) is 0 Å². The van der Waals surface area contributed by atoms with E-state index in [0.717, 1.165) is 5.56 Å². The first-order chi connectivity index (χ1) is 9.73. The fraction of sp³-hybridized carbons (Fsp3) is 0.200. The van der Waals surface area contributed by atoms with Gasteiger partial charge < -0.3 is 14.2 Å². The van der Waals surface area contributed by atoms with E-state index in [1.807, 2.05) is 0 Å². The first-order valence-corrected chi connectivity index (χ1v) is 5.90. The van der Waals surface area contributed by atoms with Crippen LogP contribution in [0.5, 0.6) is 17.4 Å². The number of benzene rings is 1. The lowest BCUT2D eigenvalue weighted by Crippen LogP contribution is -1.95. The number of aromatic nitrogens is 1. The minimum atomic E-state index is 0.451. The molecule has 0 spiro atoms. The van der Waals surface area contributed by atoms with Crippen LogP contribution in [0.4, 0.5) is 0 Å². The van der Waals surface area contributed by atoms with E-state index in [-0.39, 0.29) is 0 Å². The summed E-state index contributed by atoms with van der Waals surface area (Å²) in [5, 5.41) is 9.25. The largest absolute Gasteiger partial charge is 0.497 e. The van der Waals surface area contributed by atoms with Gasteiger partial charge in [-0.05, 0) is 18.2 Å². The Morgan fingerprint density at radius 3 is 2.40 bits per heavy atom. The predicted octanol–water partition coefficient (Wildman–Crippen LogP) is 2.65.